The first kappa shape index (κ1) is 10.8. The van der Waals surface area contributed by atoms with E-state index in [0.717, 1.165) is 28.8 Å². The van der Waals surface area contributed by atoms with Crippen LogP contribution in [0.1, 0.15) is 12.0 Å². The molecule has 0 radical (unpaired) electrons. The van der Waals surface area contributed by atoms with E-state index in [1.54, 1.807) is 10.9 Å². The molecular formula is C13H14N4O. The highest BCUT2D eigenvalue weighted by Gasteiger charge is 2.20. The number of nitrogen functional groups attached to an aromatic ring is 1. The maximum absolute atomic E-state index is 11.4. The van der Waals surface area contributed by atoms with E-state index >= 15 is 0 Å². The fourth-order valence-electron chi connectivity index (χ4n) is 2.33. The smallest absolute Gasteiger partial charge is 0.224 e. The van der Waals surface area contributed by atoms with E-state index in [2.05, 4.69) is 10.4 Å². The van der Waals surface area contributed by atoms with Crippen LogP contribution in [-0.4, -0.2) is 15.7 Å². The second kappa shape index (κ2) is 3.87. The molecule has 1 amide bonds. The number of anilines is 2. The molecule has 0 atom stereocenters. The summed E-state index contributed by atoms with van der Waals surface area (Å²) in [5.41, 5.74) is 10.0. The van der Waals surface area contributed by atoms with Gasteiger partial charge in [0.05, 0.1) is 6.20 Å². The van der Waals surface area contributed by atoms with Gasteiger partial charge in [-0.25, -0.2) is 0 Å². The van der Waals surface area contributed by atoms with Gasteiger partial charge < -0.3 is 11.1 Å². The van der Waals surface area contributed by atoms with Crippen molar-refractivity contribution in [2.75, 3.05) is 11.1 Å². The standard InChI is InChI=1S/C13H14N4O/c1-17-13(14)10(7-15-17)8-3-2-4-11-9(8)5-6-12(18)16-11/h2-4,7H,5-6,14H2,1H3,(H,16,18). The van der Waals surface area contributed by atoms with Crippen LogP contribution in [0.2, 0.25) is 0 Å². The molecule has 5 heteroatoms. The zero-order valence-corrected chi connectivity index (χ0v) is 10.1. The number of aromatic nitrogens is 2. The van der Waals surface area contributed by atoms with Crippen molar-refractivity contribution in [2.45, 2.75) is 12.8 Å². The van der Waals surface area contributed by atoms with E-state index in [4.69, 9.17) is 5.73 Å². The van der Waals surface area contributed by atoms with Crippen LogP contribution in [0.4, 0.5) is 11.5 Å². The quantitative estimate of drug-likeness (QED) is 0.797. The monoisotopic (exact) mass is 242 g/mol. The molecule has 1 aromatic heterocycles. The van der Waals surface area contributed by atoms with Gasteiger partial charge in [0.1, 0.15) is 5.82 Å². The van der Waals surface area contributed by atoms with Gasteiger partial charge in [-0.1, -0.05) is 12.1 Å². The number of rotatable bonds is 1. The molecule has 0 aliphatic carbocycles. The molecule has 1 aromatic carbocycles. The Bertz CT molecular complexity index is 630. The normalized spacial score (nSPS) is 14.2. The second-order valence-electron chi connectivity index (χ2n) is 4.45. The molecule has 18 heavy (non-hydrogen) atoms. The van der Waals surface area contributed by atoms with Gasteiger partial charge in [-0.3, -0.25) is 9.48 Å². The van der Waals surface area contributed by atoms with E-state index in [1.807, 2.05) is 25.2 Å². The summed E-state index contributed by atoms with van der Waals surface area (Å²) >= 11 is 0. The number of carbonyl (C=O) groups is 1. The van der Waals surface area contributed by atoms with Gasteiger partial charge in [0.2, 0.25) is 5.91 Å². The number of hydrogen-bond acceptors (Lipinski definition) is 3. The lowest BCUT2D eigenvalue weighted by molar-refractivity contribution is -0.116. The number of fused-ring (bicyclic) bond motifs is 1. The molecule has 0 fully saturated rings. The Kier molecular flexibility index (Phi) is 2.33. The summed E-state index contributed by atoms with van der Waals surface area (Å²) in [6, 6.07) is 5.86. The maximum Gasteiger partial charge on any atom is 0.224 e. The van der Waals surface area contributed by atoms with E-state index in [1.165, 1.54) is 0 Å². The summed E-state index contributed by atoms with van der Waals surface area (Å²) in [6.45, 7) is 0. The Hall–Kier alpha value is -2.30. The number of benzene rings is 1. The lowest BCUT2D eigenvalue weighted by Gasteiger charge is -2.19. The fourth-order valence-corrected chi connectivity index (χ4v) is 2.33. The SMILES string of the molecule is Cn1ncc(-c2cccc3c2CCC(=O)N3)c1N. The highest BCUT2D eigenvalue weighted by Crippen LogP contribution is 2.35. The fraction of sp³-hybridized carbons (Fsp3) is 0.231. The number of nitrogens with one attached hydrogen (secondary N) is 1. The number of hydrogen-bond donors (Lipinski definition) is 2. The summed E-state index contributed by atoms with van der Waals surface area (Å²) in [7, 11) is 1.82. The first-order chi connectivity index (χ1) is 8.66. The van der Waals surface area contributed by atoms with Crippen LogP contribution >= 0.6 is 0 Å². The van der Waals surface area contributed by atoms with Crippen molar-refractivity contribution in [1.29, 1.82) is 0 Å². The molecule has 1 aliphatic rings. The molecule has 2 heterocycles. The number of nitrogens with two attached hydrogens (primary N) is 1. The van der Waals surface area contributed by atoms with E-state index in [9.17, 15) is 4.79 Å². The molecule has 5 nitrogen and oxygen atoms in total. The third kappa shape index (κ3) is 1.55. The number of amides is 1. The summed E-state index contributed by atoms with van der Waals surface area (Å²) in [5, 5.41) is 7.05. The van der Waals surface area contributed by atoms with Gasteiger partial charge in [-0.15, -0.1) is 0 Å². The van der Waals surface area contributed by atoms with Crippen LogP contribution in [0.15, 0.2) is 24.4 Å². The van der Waals surface area contributed by atoms with Crippen LogP contribution in [0.3, 0.4) is 0 Å². The molecule has 3 N–H and O–H groups in total. The van der Waals surface area contributed by atoms with Gasteiger partial charge >= 0.3 is 0 Å². The molecule has 3 rings (SSSR count). The zero-order valence-electron chi connectivity index (χ0n) is 10.1. The van der Waals surface area contributed by atoms with Crippen molar-refractivity contribution in [1.82, 2.24) is 9.78 Å². The highest BCUT2D eigenvalue weighted by atomic mass is 16.1. The van der Waals surface area contributed by atoms with Crippen molar-refractivity contribution in [3.05, 3.63) is 30.0 Å². The summed E-state index contributed by atoms with van der Waals surface area (Å²) in [6.07, 6.45) is 3.03. The van der Waals surface area contributed by atoms with Crippen molar-refractivity contribution < 1.29 is 4.79 Å². The van der Waals surface area contributed by atoms with Crippen LogP contribution in [0.5, 0.6) is 0 Å². The number of carbonyl (C=O) groups excluding carboxylic acids is 1. The molecule has 0 bridgehead atoms. The van der Waals surface area contributed by atoms with Crippen molar-refractivity contribution >= 4 is 17.4 Å². The summed E-state index contributed by atoms with van der Waals surface area (Å²) in [5.74, 6) is 0.708. The average molecular weight is 242 g/mol. The minimum Gasteiger partial charge on any atom is -0.383 e. The predicted octanol–water partition coefficient (Wildman–Crippen LogP) is 1.55. The number of nitrogens with zero attached hydrogens (tertiary/aromatic N) is 2. The van der Waals surface area contributed by atoms with Gasteiger partial charge in [-0.05, 0) is 23.6 Å². The Morgan fingerprint density at radius 3 is 2.89 bits per heavy atom. The predicted molar refractivity (Wildman–Crippen MR) is 70.0 cm³/mol. The Labute approximate surface area is 105 Å². The maximum atomic E-state index is 11.4. The first-order valence-corrected chi connectivity index (χ1v) is 5.86. The molecule has 1 aliphatic heterocycles. The molecule has 0 unspecified atom stereocenters. The van der Waals surface area contributed by atoms with Gasteiger partial charge in [0.25, 0.3) is 0 Å². The molecule has 92 valence electrons. The van der Waals surface area contributed by atoms with Crippen molar-refractivity contribution in [3.63, 3.8) is 0 Å². The summed E-state index contributed by atoms with van der Waals surface area (Å²) < 4.78 is 1.65. The topological polar surface area (TPSA) is 72.9 Å². The third-order valence-electron chi connectivity index (χ3n) is 3.33. The van der Waals surface area contributed by atoms with Crippen LogP contribution in [-0.2, 0) is 18.3 Å². The van der Waals surface area contributed by atoms with E-state index < -0.39 is 0 Å². The van der Waals surface area contributed by atoms with Crippen LogP contribution < -0.4 is 11.1 Å². The van der Waals surface area contributed by atoms with E-state index in [0.29, 0.717) is 12.2 Å². The average Bonchev–Trinajstić information content (AvgIpc) is 2.69. The minimum absolute atomic E-state index is 0.0683. The minimum atomic E-state index is 0.0683. The van der Waals surface area contributed by atoms with Gasteiger partial charge in [-0.2, -0.15) is 5.10 Å². The lowest BCUT2D eigenvalue weighted by Crippen LogP contribution is -2.19. The lowest BCUT2D eigenvalue weighted by atomic mass is 9.94. The molecule has 0 saturated heterocycles. The highest BCUT2D eigenvalue weighted by molar-refractivity contribution is 5.96. The molecule has 0 spiro atoms. The Morgan fingerprint density at radius 2 is 2.17 bits per heavy atom. The van der Waals surface area contributed by atoms with Gasteiger partial charge in [0.15, 0.2) is 0 Å². The van der Waals surface area contributed by atoms with E-state index in [-0.39, 0.29) is 5.91 Å². The van der Waals surface area contributed by atoms with Crippen LogP contribution in [0, 0.1) is 0 Å². The van der Waals surface area contributed by atoms with Gasteiger partial charge in [0, 0.05) is 24.7 Å². The van der Waals surface area contributed by atoms with Crippen molar-refractivity contribution in [2.24, 2.45) is 7.05 Å². The second-order valence-corrected chi connectivity index (χ2v) is 4.45. The Balaban J connectivity index is 2.16. The first-order valence-electron chi connectivity index (χ1n) is 5.86. The Morgan fingerprint density at radius 1 is 1.33 bits per heavy atom. The largest absolute Gasteiger partial charge is 0.383 e. The molecule has 2 aromatic rings. The molecular weight excluding hydrogens is 228 g/mol. The third-order valence-corrected chi connectivity index (χ3v) is 3.33. The number of aryl methyl sites for hydroxylation is 1. The van der Waals surface area contributed by atoms with Crippen molar-refractivity contribution in [3.8, 4) is 11.1 Å². The zero-order chi connectivity index (χ0) is 12.7. The summed E-state index contributed by atoms with van der Waals surface area (Å²) in [4.78, 5) is 11.4. The molecule has 0 saturated carbocycles. The van der Waals surface area contributed by atoms with Crippen LogP contribution in [0.25, 0.3) is 11.1 Å².